The Bertz CT molecular complexity index is 479. The second-order valence-corrected chi connectivity index (χ2v) is 5.11. The van der Waals surface area contributed by atoms with Crippen LogP contribution in [0.1, 0.15) is 29.3 Å². The van der Waals surface area contributed by atoms with Crippen molar-refractivity contribution in [2.75, 3.05) is 18.6 Å². The smallest absolute Gasteiger partial charge is 0.253 e. The topological polar surface area (TPSA) is 68.0 Å². The Labute approximate surface area is 118 Å². The van der Waals surface area contributed by atoms with Gasteiger partial charge in [-0.15, -0.1) is 0 Å². The maximum absolute atomic E-state index is 12.0. The average molecular weight is 277 g/mol. The molecule has 0 aliphatic carbocycles. The Kier molecular flexibility index (Phi) is 7.01. The third-order valence-electron chi connectivity index (χ3n) is 2.47. The van der Waals surface area contributed by atoms with E-state index in [0.29, 0.717) is 17.7 Å². The Morgan fingerprint density at radius 2 is 2.37 bits per heavy atom. The van der Waals surface area contributed by atoms with E-state index in [1.165, 1.54) is 0 Å². The van der Waals surface area contributed by atoms with Crippen molar-refractivity contribution >= 4 is 17.7 Å². The molecule has 0 fully saturated rings. The predicted octanol–water partition coefficient (Wildman–Crippen LogP) is 1.26. The molecule has 0 bridgehead atoms. The SMILES string of the molecule is CSCCC(C)NC(=O)c1cncc(C#CCN)c1. The van der Waals surface area contributed by atoms with Crippen LogP contribution in [0.2, 0.25) is 0 Å². The molecule has 1 rings (SSSR count). The van der Waals surface area contributed by atoms with Gasteiger partial charge in [0.1, 0.15) is 0 Å². The van der Waals surface area contributed by atoms with Crippen molar-refractivity contribution in [1.82, 2.24) is 10.3 Å². The lowest BCUT2D eigenvalue weighted by atomic mass is 10.2. The Hall–Kier alpha value is -1.51. The summed E-state index contributed by atoms with van der Waals surface area (Å²) in [4.78, 5) is 16.0. The lowest BCUT2D eigenvalue weighted by Crippen LogP contribution is -2.33. The van der Waals surface area contributed by atoms with Gasteiger partial charge in [0, 0.05) is 24.0 Å². The van der Waals surface area contributed by atoms with Crippen molar-refractivity contribution < 1.29 is 4.79 Å². The summed E-state index contributed by atoms with van der Waals surface area (Å²) in [5.74, 6) is 6.53. The van der Waals surface area contributed by atoms with Gasteiger partial charge in [-0.3, -0.25) is 9.78 Å². The number of hydrogen-bond acceptors (Lipinski definition) is 4. The van der Waals surface area contributed by atoms with Crippen LogP contribution < -0.4 is 11.1 Å². The Morgan fingerprint density at radius 1 is 1.58 bits per heavy atom. The molecule has 1 amide bonds. The molecule has 0 spiro atoms. The molecule has 0 aliphatic heterocycles. The number of aromatic nitrogens is 1. The van der Waals surface area contributed by atoms with E-state index in [4.69, 9.17) is 5.73 Å². The van der Waals surface area contributed by atoms with E-state index in [9.17, 15) is 4.79 Å². The van der Waals surface area contributed by atoms with Crippen LogP contribution in [0, 0.1) is 11.8 Å². The van der Waals surface area contributed by atoms with Gasteiger partial charge in [-0.1, -0.05) is 11.8 Å². The molecular formula is C14H19N3OS. The lowest BCUT2D eigenvalue weighted by Gasteiger charge is -2.13. The minimum absolute atomic E-state index is 0.113. The van der Waals surface area contributed by atoms with Crippen LogP contribution in [-0.2, 0) is 0 Å². The van der Waals surface area contributed by atoms with Crippen molar-refractivity contribution in [3.05, 3.63) is 29.6 Å². The summed E-state index contributed by atoms with van der Waals surface area (Å²) in [6.07, 6.45) is 6.17. The molecule has 3 N–H and O–H groups in total. The lowest BCUT2D eigenvalue weighted by molar-refractivity contribution is 0.0939. The number of nitrogens with one attached hydrogen (secondary N) is 1. The first-order chi connectivity index (χ1) is 9.17. The average Bonchev–Trinajstić information content (AvgIpc) is 2.43. The van der Waals surface area contributed by atoms with E-state index in [-0.39, 0.29) is 11.9 Å². The molecule has 1 unspecified atom stereocenters. The second kappa shape index (κ2) is 8.57. The number of pyridine rings is 1. The third kappa shape index (κ3) is 5.77. The zero-order valence-corrected chi connectivity index (χ0v) is 12.1. The van der Waals surface area contributed by atoms with Gasteiger partial charge < -0.3 is 11.1 Å². The van der Waals surface area contributed by atoms with Crippen LogP contribution in [-0.4, -0.2) is 35.5 Å². The van der Waals surface area contributed by atoms with Gasteiger partial charge >= 0.3 is 0 Å². The standard InChI is InChI=1S/C14H19N3OS/c1-11(5-7-19-2)17-14(18)13-8-12(4-3-6-15)9-16-10-13/h8-11H,5-7,15H2,1-2H3,(H,17,18). The Balaban J connectivity index is 2.66. The van der Waals surface area contributed by atoms with E-state index >= 15 is 0 Å². The van der Waals surface area contributed by atoms with Crippen molar-refractivity contribution in [3.63, 3.8) is 0 Å². The molecule has 1 aromatic rings. The van der Waals surface area contributed by atoms with Gasteiger partial charge in [0.05, 0.1) is 12.1 Å². The molecule has 102 valence electrons. The van der Waals surface area contributed by atoms with E-state index in [1.54, 1.807) is 30.2 Å². The van der Waals surface area contributed by atoms with Crippen LogP contribution in [0.25, 0.3) is 0 Å². The van der Waals surface area contributed by atoms with E-state index in [2.05, 4.69) is 28.4 Å². The number of carbonyl (C=O) groups is 1. The zero-order valence-electron chi connectivity index (χ0n) is 11.3. The van der Waals surface area contributed by atoms with Crippen LogP contribution >= 0.6 is 11.8 Å². The third-order valence-corrected chi connectivity index (χ3v) is 3.11. The summed E-state index contributed by atoms with van der Waals surface area (Å²) in [7, 11) is 0. The van der Waals surface area contributed by atoms with Gasteiger partial charge in [0.25, 0.3) is 5.91 Å². The molecule has 0 radical (unpaired) electrons. The first-order valence-corrected chi connectivity index (χ1v) is 7.50. The summed E-state index contributed by atoms with van der Waals surface area (Å²) in [5.41, 5.74) is 6.54. The number of rotatable bonds is 5. The molecule has 19 heavy (non-hydrogen) atoms. The highest BCUT2D eigenvalue weighted by molar-refractivity contribution is 7.98. The highest BCUT2D eigenvalue weighted by atomic mass is 32.2. The fraction of sp³-hybridized carbons (Fsp3) is 0.429. The highest BCUT2D eigenvalue weighted by Gasteiger charge is 2.10. The number of thioether (sulfide) groups is 1. The Morgan fingerprint density at radius 3 is 3.05 bits per heavy atom. The second-order valence-electron chi connectivity index (χ2n) is 4.12. The van der Waals surface area contributed by atoms with E-state index < -0.39 is 0 Å². The van der Waals surface area contributed by atoms with Crippen molar-refractivity contribution in [1.29, 1.82) is 0 Å². The molecule has 1 heterocycles. The molecule has 5 heteroatoms. The van der Waals surface area contributed by atoms with Crippen LogP contribution in [0.4, 0.5) is 0 Å². The summed E-state index contributed by atoms with van der Waals surface area (Å²) in [5, 5.41) is 2.95. The van der Waals surface area contributed by atoms with Crippen molar-refractivity contribution in [2.24, 2.45) is 5.73 Å². The summed E-state index contributed by atoms with van der Waals surface area (Å²) in [6, 6.07) is 1.88. The minimum Gasteiger partial charge on any atom is -0.350 e. The maximum Gasteiger partial charge on any atom is 0.253 e. The van der Waals surface area contributed by atoms with E-state index in [1.807, 2.05) is 6.92 Å². The molecule has 0 saturated carbocycles. The minimum atomic E-state index is -0.113. The quantitative estimate of drug-likeness (QED) is 0.795. The van der Waals surface area contributed by atoms with Gasteiger partial charge in [-0.25, -0.2) is 0 Å². The first kappa shape index (κ1) is 15.5. The number of hydrogen-bond donors (Lipinski definition) is 2. The van der Waals surface area contributed by atoms with Gasteiger partial charge in [-0.2, -0.15) is 11.8 Å². The van der Waals surface area contributed by atoms with E-state index in [0.717, 1.165) is 12.2 Å². The number of amides is 1. The largest absolute Gasteiger partial charge is 0.350 e. The monoisotopic (exact) mass is 277 g/mol. The zero-order chi connectivity index (χ0) is 14.1. The van der Waals surface area contributed by atoms with Gasteiger partial charge in [0.15, 0.2) is 0 Å². The molecule has 1 aromatic heterocycles. The van der Waals surface area contributed by atoms with Crippen molar-refractivity contribution in [3.8, 4) is 11.8 Å². The highest BCUT2D eigenvalue weighted by Crippen LogP contribution is 2.04. The molecular weight excluding hydrogens is 258 g/mol. The molecule has 0 aliphatic rings. The summed E-state index contributed by atoms with van der Waals surface area (Å²) < 4.78 is 0. The normalized spacial score (nSPS) is 11.3. The maximum atomic E-state index is 12.0. The first-order valence-electron chi connectivity index (χ1n) is 6.11. The van der Waals surface area contributed by atoms with Gasteiger partial charge in [0.2, 0.25) is 0 Å². The number of nitrogens with zero attached hydrogens (tertiary/aromatic N) is 1. The van der Waals surface area contributed by atoms with Gasteiger partial charge in [-0.05, 0) is 31.4 Å². The fourth-order valence-corrected chi connectivity index (χ4v) is 2.05. The van der Waals surface area contributed by atoms with Crippen LogP contribution in [0.3, 0.4) is 0 Å². The predicted molar refractivity (Wildman–Crippen MR) is 80.1 cm³/mol. The summed E-state index contributed by atoms with van der Waals surface area (Å²) in [6.45, 7) is 2.29. The molecule has 1 atom stereocenters. The summed E-state index contributed by atoms with van der Waals surface area (Å²) >= 11 is 1.77. The van der Waals surface area contributed by atoms with Crippen LogP contribution in [0.5, 0.6) is 0 Å². The number of carbonyl (C=O) groups excluding carboxylic acids is 1. The molecule has 0 saturated heterocycles. The van der Waals surface area contributed by atoms with Crippen molar-refractivity contribution in [2.45, 2.75) is 19.4 Å². The molecule has 4 nitrogen and oxygen atoms in total. The van der Waals surface area contributed by atoms with Crippen LogP contribution in [0.15, 0.2) is 18.5 Å². The fourth-order valence-electron chi connectivity index (χ4n) is 1.46. The number of nitrogens with two attached hydrogens (primary N) is 1. The molecule has 0 aromatic carbocycles.